The van der Waals surface area contributed by atoms with Crippen LogP contribution in [0.4, 0.5) is 0 Å². The number of carbonyl (C=O) groups is 3. The molecule has 0 aromatic carbocycles. The minimum atomic E-state index is -0.788. The van der Waals surface area contributed by atoms with Gasteiger partial charge in [-0.15, -0.1) is 0 Å². The standard InChI is InChI=1S/C77H126O6/c1-4-7-10-13-16-18-20-22-24-26-28-30-32-34-36-37-38-39-41-42-44-46-48-50-52-54-56-58-61-64-67-70-76(79)82-73-74(72-81-75(78)69-66-63-60-15-12-9-6-3)83-77(80)71-68-65-62-59-57-55-53-51-49-47-45-43-40-35-33-31-29-27-25-23-21-19-17-14-11-8-5-2/h7-8,10-11,16-19,22-25,28-31,34,36,38-39,42,44,48,50,74H,4-6,9,12-15,20-21,26-27,32-33,35,37,40-41,43,45-47,49,51-73H2,1-3H3/b10-7-,11-8-,18-16-,19-17-,24-22-,25-23-,30-28-,31-29-,36-34-,39-38-,44-42-,50-48-. The normalized spacial score (nSPS) is 13.0. The molecule has 6 heteroatoms. The number of carbonyl (C=O) groups excluding carboxylic acids is 3. The van der Waals surface area contributed by atoms with E-state index in [9.17, 15) is 14.4 Å². The van der Waals surface area contributed by atoms with Crippen molar-refractivity contribution in [3.05, 3.63) is 146 Å². The highest BCUT2D eigenvalue weighted by atomic mass is 16.6. The highest BCUT2D eigenvalue weighted by Gasteiger charge is 2.19. The molecule has 0 rings (SSSR count). The topological polar surface area (TPSA) is 78.9 Å². The van der Waals surface area contributed by atoms with Gasteiger partial charge in [0.25, 0.3) is 0 Å². The van der Waals surface area contributed by atoms with E-state index in [1.807, 2.05) is 0 Å². The molecule has 0 aliphatic heterocycles. The average Bonchev–Trinajstić information content (AvgIpc) is 3.50. The molecule has 1 unspecified atom stereocenters. The molecule has 0 fully saturated rings. The zero-order chi connectivity index (χ0) is 59.9. The van der Waals surface area contributed by atoms with Crippen molar-refractivity contribution in [2.24, 2.45) is 0 Å². The molecule has 0 heterocycles. The van der Waals surface area contributed by atoms with Crippen molar-refractivity contribution in [1.82, 2.24) is 0 Å². The van der Waals surface area contributed by atoms with Crippen molar-refractivity contribution in [3.63, 3.8) is 0 Å². The van der Waals surface area contributed by atoms with E-state index >= 15 is 0 Å². The molecular weight excluding hydrogens is 1020 g/mol. The van der Waals surface area contributed by atoms with Crippen LogP contribution >= 0.6 is 0 Å². The zero-order valence-corrected chi connectivity index (χ0v) is 53.9. The number of allylic oxidation sites excluding steroid dienone is 24. The summed E-state index contributed by atoms with van der Waals surface area (Å²) in [5.41, 5.74) is 0. The molecule has 0 amide bonds. The fourth-order valence-corrected chi connectivity index (χ4v) is 9.27. The predicted molar refractivity (Wildman–Crippen MR) is 362 cm³/mol. The Labute approximate surface area is 512 Å². The van der Waals surface area contributed by atoms with Crippen LogP contribution in [0.15, 0.2) is 146 Å². The first kappa shape index (κ1) is 78.3. The van der Waals surface area contributed by atoms with Gasteiger partial charge < -0.3 is 14.2 Å². The van der Waals surface area contributed by atoms with E-state index in [2.05, 4.69) is 167 Å². The number of ether oxygens (including phenoxy) is 3. The summed E-state index contributed by atoms with van der Waals surface area (Å²) in [5, 5.41) is 0. The molecule has 0 bridgehead atoms. The van der Waals surface area contributed by atoms with Crippen LogP contribution in [-0.2, 0) is 28.6 Å². The summed E-state index contributed by atoms with van der Waals surface area (Å²) in [6.07, 6.45) is 100. The molecule has 0 aromatic rings. The van der Waals surface area contributed by atoms with Crippen LogP contribution in [0.1, 0.15) is 303 Å². The van der Waals surface area contributed by atoms with Crippen LogP contribution in [-0.4, -0.2) is 37.2 Å². The monoisotopic (exact) mass is 1150 g/mol. The Hall–Kier alpha value is -4.71. The lowest BCUT2D eigenvalue weighted by molar-refractivity contribution is -0.167. The zero-order valence-electron chi connectivity index (χ0n) is 53.9. The molecule has 470 valence electrons. The van der Waals surface area contributed by atoms with Crippen LogP contribution in [0, 0.1) is 0 Å². The number of hydrogen-bond donors (Lipinski definition) is 0. The molecule has 6 nitrogen and oxygen atoms in total. The van der Waals surface area contributed by atoms with Crippen LogP contribution in [0.25, 0.3) is 0 Å². The SMILES string of the molecule is CC/C=C\C/C=C\C/C=C\C/C=C\C/C=C\C/C=C\C/C=C\C/C=C\CCCCCCCCC(=O)OCC(COC(=O)CCCCCCCCC)OC(=O)CCCCCCCCCCCCCCCC/C=C\C/C=C\C/C=C\C/C=C\CC. The maximum absolute atomic E-state index is 12.9. The van der Waals surface area contributed by atoms with E-state index < -0.39 is 6.10 Å². The molecule has 0 radical (unpaired) electrons. The van der Waals surface area contributed by atoms with E-state index in [4.69, 9.17) is 14.2 Å². The summed E-state index contributed by atoms with van der Waals surface area (Å²) in [6, 6.07) is 0. The summed E-state index contributed by atoms with van der Waals surface area (Å²) in [7, 11) is 0. The van der Waals surface area contributed by atoms with Gasteiger partial charge in [0.2, 0.25) is 0 Å². The second kappa shape index (κ2) is 69.8. The van der Waals surface area contributed by atoms with Gasteiger partial charge in [0.1, 0.15) is 13.2 Å². The van der Waals surface area contributed by atoms with E-state index in [0.717, 1.165) is 148 Å². The van der Waals surface area contributed by atoms with Crippen LogP contribution < -0.4 is 0 Å². The molecule has 0 aromatic heterocycles. The van der Waals surface area contributed by atoms with Gasteiger partial charge in [-0.3, -0.25) is 14.4 Å². The largest absolute Gasteiger partial charge is 0.462 e. The Morgan fingerprint density at radius 3 is 0.735 bits per heavy atom. The highest BCUT2D eigenvalue weighted by Crippen LogP contribution is 2.16. The molecule has 1 atom stereocenters. The second-order valence-electron chi connectivity index (χ2n) is 22.3. The lowest BCUT2D eigenvalue weighted by Gasteiger charge is -2.18. The van der Waals surface area contributed by atoms with Crippen molar-refractivity contribution < 1.29 is 28.6 Å². The van der Waals surface area contributed by atoms with Gasteiger partial charge in [-0.25, -0.2) is 0 Å². The fourth-order valence-electron chi connectivity index (χ4n) is 9.27. The van der Waals surface area contributed by atoms with Crippen molar-refractivity contribution in [3.8, 4) is 0 Å². The minimum Gasteiger partial charge on any atom is -0.462 e. The molecule has 0 saturated heterocycles. The lowest BCUT2D eigenvalue weighted by Crippen LogP contribution is -2.30. The number of unbranched alkanes of at least 4 members (excludes halogenated alkanes) is 26. The fraction of sp³-hybridized carbons (Fsp3) is 0.649. The first-order chi connectivity index (χ1) is 41.0. The number of rotatable bonds is 61. The maximum Gasteiger partial charge on any atom is 0.306 e. The second-order valence-corrected chi connectivity index (χ2v) is 22.3. The van der Waals surface area contributed by atoms with Crippen molar-refractivity contribution in [2.45, 2.75) is 309 Å². The van der Waals surface area contributed by atoms with E-state index in [-0.39, 0.29) is 31.1 Å². The summed E-state index contributed by atoms with van der Waals surface area (Å²) >= 11 is 0. The van der Waals surface area contributed by atoms with Gasteiger partial charge in [-0.1, -0.05) is 308 Å². The van der Waals surface area contributed by atoms with Gasteiger partial charge in [-0.2, -0.15) is 0 Å². The molecule has 0 saturated carbocycles. The Morgan fingerprint density at radius 2 is 0.470 bits per heavy atom. The molecular formula is C77H126O6. The molecule has 0 aliphatic rings. The molecule has 0 N–H and O–H groups in total. The van der Waals surface area contributed by atoms with Gasteiger partial charge >= 0.3 is 17.9 Å². The third-order valence-corrected chi connectivity index (χ3v) is 14.3. The minimum absolute atomic E-state index is 0.0848. The van der Waals surface area contributed by atoms with E-state index in [0.29, 0.717) is 19.3 Å². The molecule has 0 aliphatic carbocycles. The lowest BCUT2D eigenvalue weighted by atomic mass is 10.0. The molecule has 0 spiro atoms. The van der Waals surface area contributed by atoms with Gasteiger partial charge in [0, 0.05) is 19.3 Å². The summed E-state index contributed by atoms with van der Waals surface area (Å²) < 4.78 is 16.9. The van der Waals surface area contributed by atoms with Crippen molar-refractivity contribution >= 4 is 17.9 Å². The first-order valence-electron chi connectivity index (χ1n) is 34.3. The van der Waals surface area contributed by atoms with Crippen molar-refractivity contribution in [1.29, 1.82) is 0 Å². The average molecular weight is 1150 g/mol. The van der Waals surface area contributed by atoms with E-state index in [1.54, 1.807) is 0 Å². The van der Waals surface area contributed by atoms with Crippen LogP contribution in [0.3, 0.4) is 0 Å². The Morgan fingerprint density at radius 1 is 0.253 bits per heavy atom. The number of hydrogen-bond acceptors (Lipinski definition) is 6. The van der Waals surface area contributed by atoms with Crippen molar-refractivity contribution in [2.75, 3.05) is 13.2 Å². The highest BCUT2D eigenvalue weighted by molar-refractivity contribution is 5.71. The Bertz CT molecular complexity index is 1800. The summed E-state index contributed by atoms with van der Waals surface area (Å²) in [5.74, 6) is -0.904. The maximum atomic E-state index is 12.9. The van der Waals surface area contributed by atoms with E-state index in [1.165, 1.54) is 116 Å². The summed E-state index contributed by atoms with van der Waals surface area (Å²) in [4.78, 5) is 38.2. The Balaban J connectivity index is 4.16. The third-order valence-electron chi connectivity index (χ3n) is 14.3. The van der Waals surface area contributed by atoms with Gasteiger partial charge in [0.05, 0.1) is 0 Å². The third kappa shape index (κ3) is 68.0. The molecule has 83 heavy (non-hydrogen) atoms. The van der Waals surface area contributed by atoms with Gasteiger partial charge in [-0.05, 0) is 122 Å². The van der Waals surface area contributed by atoms with Gasteiger partial charge in [0.15, 0.2) is 6.10 Å². The first-order valence-corrected chi connectivity index (χ1v) is 34.3. The Kier molecular flexibility index (Phi) is 65.8. The summed E-state index contributed by atoms with van der Waals surface area (Å²) in [6.45, 7) is 6.37. The smallest absolute Gasteiger partial charge is 0.306 e. The predicted octanol–water partition coefficient (Wildman–Crippen LogP) is 23.9. The van der Waals surface area contributed by atoms with Crippen LogP contribution in [0.2, 0.25) is 0 Å². The van der Waals surface area contributed by atoms with Crippen LogP contribution in [0.5, 0.6) is 0 Å². The number of esters is 3. The quantitative estimate of drug-likeness (QED) is 0.0261.